The van der Waals surface area contributed by atoms with Crippen LogP contribution in [0.15, 0.2) is 24.3 Å². The zero-order chi connectivity index (χ0) is 13.8. The summed E-state index contributed by atoms with van der Waals surface area (Å²) in [5.41, 5.74) is 0.108. The zero-order valence-corrected chi connectivity index (χ0v) is 12.7. The van der Waals surface area contributed by atoms with Crippen LogP contribution in [0.4, 0.5) is 0 Å². The van der Waals surface area contributed by atoms with Gasteiger partial charge in [-0.05, 0) is 51.0 Å². The van der Waals surface area contributed by atoms with Gasteiger partial charge < -0.3 is 10.1 Å². The third-order valence-corrected chi connectivity index (χ3v) is 2.93. The molecule has 0 radical (unpaired) electrons. The summed E-state index contributed by atoms with van der Waals surface area (Å²) in [6.07, 6.45) is 0.158. The molecule has 0 heterocycles. The second-order valence-corrected chi connectivity index (χ2v) is 6.42. The Morgan fingerprint density at radius 1 is 1.17 bits per heavy atom. The van der Waals surface area contributed by atoms with Crippen LogP contribution in [0.25, 0.3) is 0 Å². The minimum atomic E-state index is 0.108. The van der Waals surface area contributed by atoms with Gasteiger partial charge in [0.2, 0.25) is 0 Å². The van der Waals surface area contributed by atoms with Crippen molar-refractivity contribution < 1.29 is 4.74 Å². The zero-order valence-electron chi connectivity index (χ0n) is 12.0. The Morgan fingerprint density at radius 2 is 1.72 bits per heavy atom. The Balaban J connectivity index is 2.60. The topological polar surface area (TPSA) is 21.3 Å². The Bertz CT molecular complexity index is 354. The number of halogens is 1. The average molecular weight is 270 g/mol. The number of hydrogen-bond acceptors (Lipinski definition) is 2. The molecule has 1 unspecified atom stereocenters. The van der Waals surface area contributed by atoms with E-state index in [0.29, 0.717) is 5.92 Å². The highest BCUT2D eigenvalue weighted by Gasteiger charge is 2.18. The van der Waals surface area contributed by atoms with Crippen molar-refractivity contribution in [2.24, 2.45) is 5.92 Å². The summed E-state index contributed by atoms with van der Waals surface area (Å²) in [6, 6.07) is 7.53. The van der Waals surface area contributed by atoms with Crippen molar-refractivity contribution in [3.63, 3.8) is 0 Å². The van der Waals surface area contributed by atoms with Crippen molar-refractivity contribution in [2.45, 2.75) is 46.3 Å². The van der Waals surface area contributed by atoms with Crippen LogP contribution in [-0.2, 0) is 0 Å². The molecule has 0 spiro atoms. The molecule has 1 N–H and O–H groups in total. The molecule has 0 amide bonds. The molecule has 102 valence electrons. The van der Waals surface area contributed by atoms with Gasteiger partial charge in [0.1, 0.15) is 11.9 Å². The second-order valence-electron chi connectivity index (χ2n) is 5.99. The van der Waals surface area contributed by atoms with Gasteiger partial charge in [-0.15, -0.1) is 0 Å². The highest BCUT2D eigenvalue weighted by molar-refractivity contribution is 6.30. The summed E-state index contributed by atoms with van der Waals surface area (Å²) in [6.45, 7) is 11.7. The van der Waals surface area contributed by atoms with Crippen molar-refractivity contribution in [3.8, 4) is 5.75 Å². The molecule has 1 rings (SSSR count). The van der Waals surface area contributed by atoms with E-state index in [-0.39, 0.29) is 11.6 Å². The molecule has 2 nitrogen and oxygen atoms in total. The predicted octanol–water partition coefficient (Wildman–Crippen LogP) is 4.13. The van der Waals surface area contributed by atoms with E-state index < -0.39 is 0 Å². The van der Waals surface area contributed by atoms with E-state index in [9.17, 15) is 0 Å². The van der Waals surface area contributed by atoms with Gasteiger partial charge in [0.15, 0.2) is 0 Å². The minimum absolute atomic E-state index is 0.108. The predicted molar refractivity (Wildman–Crippen MR) is 78.5 cm³/mol. The molecule has 0 aliphatic carbocycles. The minimum Gasteiger partial charge on any atom is -0.489 e. The fourth-order valence-electron chi connectivity index (χ4n) is 1.51. The molecule has 0 aromatic heterocycles. The molecular formula is C15H24ClNO. The van der Waals surface area contributed by atoms with E-state index in [0.717, 1.165) is 17.3 Å². The van der Waals surface area contributed by atoms with E-state index in [1.807, 2.05) is 24.3 Å². The van der Waals surface area contributed by atoms with Crippen LogP contribution in [0, 0.1) is 5.92 Å². The van der Waals surface area contributed by atoms with Gasteiger partial charge in [-0.25, -0.2) is 0 Å². The van der Waals surface area contributed by atoms with E-state index >= 15 is 0 Å². The first-order chi connectivity index (χ1) is 8.28. The lowest BCUT2D eigenvalue weighted by molar-refractivity contribution is 0.140. The van der Waals surface area contributed by atoms with Gasteiger partial charge in [0, 0.05) is 17.1 Å². The van der Waals surface area contributed by atoms with Crippen molar-refractivity contribution in [3.05, 3.63) is 29.3 Å². The van der Waals surface area contributed by atoms with Crippen molar-refractivity contribution in [1.82, 2.24) is 5.32 Å². The van der Waals surface area contributed by atoms with Crippen LogP contribution in [0.3, 0.4) is 0 Å². The average Bonchev–Trinajstić information content (AvgIpc) is 2.25. The number of benzene rings is 1. The molecular weight excluding hydrogens is 246 g/mol. The third-order valence-electron chi connectivity index (χ3n) is 2.68. The Labute approximate surface area is 116 Å². The van der Waals surface area contributed by atoms with Crippen LogP contribution in [0.2, 0.25) is 5.02 Å². The molecule has 0 saturated heterocycles. The van der Waals surface area contributed by atoms with Gasteiger partial charge in [0.05, 0.1) is 0 Å². The lowest BCUT2D eigenvalue weighted by Crippen LogP contribution is -2.44. The highest BCUT2D eigenvalue weighted by Crippen LogP contribution is 2.19. The standard InChI is InChI=1S/C15H24ClNO/c1-11(2)14(10-17-15(3,4)5)18-13-8-6-12(16)7-9-13/h6-9,11,14,17H,10H2,1-5H3. The first kappa shape index (κ1) is 15.3. The summed E-state index contributed by atoms with van der Waals surface area (Å²) < 4.78 is 6.01. The van der Waals surface area contributed by atoms with Gasteiger partial charge in [-0.3, -0.25) is 0 Å². The van der Waals surface area contributed by atoms with E-state index in [4.69, 9.17) is 16.3 Å². The van der Waals surface area contributed by atoms with Crippen LogP contribution < -0.4 is 10.1 Å². The summed E-state index contributed by atoms with van der Waals surface area (Å²) in [5.74, 6) is 1.32. The smallest absolute Gasteiger partial charge is 0.119 e. The first-order valence-electron chi connectivity index (χ1n) is 6.45. The van der Waals surface area contributed by atoms with Crippen molar-refractivity contribution in [1.29, 1.82) is 0 Å². The molecule has 1 aromatic carbocycles. The Kier molecular flexibility index (Phi) is 5.48. The lowest BCUT2D eigenvalue weighted by atomic mass is 10.0. The first-order valence-corrected chi connectivity index (χ1v) is 6.83. The van der Waals surface area contributed by atoms with Crippen LogP contribution >= 0.6 is 11.6 Å². The number of ether oxygens (including phenoxy) is 1. The molecule has 0 aliphatic rings. The SMILES string of the molecule is CC(C)C(CNC(C)(C)C)Oc1ccc(Cl)cc1. The van der Waals surface area contributed by atoms with Gasteiger partial charge >= 0.3 is 0 Å². The number of rotatable bonds is 5. The molecule has 0 fully saturated rings. The Hall–Kier alpha value is -0.730. The summed E-state index contributed by atoms with van der Waals surface area (Å²) in [7, 11) is 0. The van der Waals surface area contributed by atoms with Crippen LogP contribution in [0.1, 0.15) is 34.6 Å². The fraction of sp³-hybridized carbons (Fsp3) is 0.600. The monoisotopic (exact) mass is 269 g/mol. The van der Waals surface area contributed by atoms with E-state index in [1.54, 1.807) is 0 Å². The van der Waals surface area contributed by atoms with Crippen molar-refractivity contribution >= 4 is 11.6 Å². The van der Waals surface area contributed by atoms with Gasteiger partial charge in [-0.2, -0.15) is 0 Å². The molecule has 0 bridgehead atoms. The van der Waals surface area contributed by atoms with E-state index in [2.05, 4.69) is 39.9 Å². The maximum absolute atomic E-state index is 6.01. The molecule has 1 aromatic rings. The van der Waals surface area contributed by atoms with Crippen LogP contribution in [0.5, 0.6) is 5.75 Å². The van der Waals surface area contributed by atoms with Gasteiger partial charge in [0.25, 0.3) is 0 Å². The molecule has 18 heavy (non-hydrogen) atoms. The van der Waals surface area contributed by atoms with E-state index in [1.165, 1.54) is 0 Å². The summed E-state index contributed by atoms with van der Waals surface area (Å²) in [5, 5.41) is 4.22. The van der Waals surface area contributed by atoms with Crippen molar-refractivity contribution in [2.75, 3.05) is 6.54 Å². The Morgan fingerprint density at radius 3 is 2.17 bits per heavy atom. The van der Waals surface area contributed by atoms with Gasteiger partial charge in [-0.1, -0.05) is 25.4 Å². The molecule has 3 heteroatoms. The lowest BCUT2D eigenvalue weighted by Gasteiger charge is -2.28. The second kappa shape index (κ2) is 6.44. The summed E-state index contributed by atoms with van der Waals surface area (Å²) >= 11 is 5.86. The maximum atomic E-state index is 6.01. The number of nitrogens with one attached hydrogen (secondary N) is 1. The quantitative estimate of drug-likeness (QED) is 0.868. The number of hydrogen-bond donors (Lipinski definition) is 1. The largest absolute Gasteiger partial charge is 0.489 e. The third kappa shape index (κ3) is 5.74. The normalized spacial score (nSPS) is 13.7. The fourth-order valence-corrected chi connectivity index (χ4v) is 1.63. The maximum Gasteiger partial charge on any atom is 0.119 e. The molecule has 1 atom stereocenters. The highest BCUT2D eigenvalue weighted by atomic mass is 35.5. The summed E-state index contributed by atoms with van der Waals surface area (Å²) in [4.78, 5) is 0. The molecule has 0 saturated carbocycles. The molecule has 0 aliphatic heterocycles. The van der Waals surface area contributed by atoms with Crippen LogP contribution in [-0.4, -0.2) is 18.2 Å².